The Morgan fingerprint density at radius 1 is 1.33 bits per heavy atom. The first-order valence-electron chi connectivity index (χ1n) is 5.56. The fraction of sp³-hybridized carbons (Fsp3) is 0.417. The van der Waals surface area contributed by atoms with E-state index in [1.54, 1.807) is 13.2 Å². The van der Waals surface area contributed by atoms with Crippen LogP contribution in [0.3, 0.4) is 0 Å². The van der Waals surface area contributed by atoms with Crippen molar-refractivity contribution in [3.05, 3.63) is 21.1 Å². The summed E-state index contributed by atoms with van der Waals surface area (Å²) < 4.78 is 6.85. The molecule has 1 amide bonds. The van der Waals surface area contributed by atoms with Gasteiger partial charge in [0, 0.05) is 17.0 Å². The van der Waals surface area contributed by atoms with Gasteiger partial charge in [-0.15, -0.1) is 0 Å². The molecule has 1 aromatic carbocycles. The van der Waals surface area contributed by atoms with Gasteiger partial charge >= 0.3 is 0 Å². The molecule has 4 nitrogen and oxygen atoms in total. The number of carbonyl (C=O) groups is 1. The molecule has 0 fully saturated rings. The van der Waals surface area contributed by atoms with E-state index in [1.807, 2.05) is 13.1 Å². The van der Waals surface area contributed by atoms with Crippen LogP contribution in [-0.2, 0) is 4.79 Å². The Balaban J connectivity index is 2.69. The molecular formula is C12H16Br2N2O2. The summed E-state index contributed by atoms with van der Waals surface area (Å²) in [5.41, 5.74) is 0.713. The summed E-state index contributed by atoms with van der Waals surface area (Å²) >= 11 is 6.79. The van der Waals surface area contributed by atoms with Crippen molar-refractivity contribution >= 4 is 43.5 Å². The van der Waals surface area contributed by atoms with Crippen LogP contribution in [0.15, 0.2) is 21.1 Å². The molecule has 0 spiro atoms. The minimum Gasteiger partial charge on any atom is -0.495 e. The molecule has 1 rings (SSSR count). The summed E-state index contributed by atoms with van der Waals surface area (Å²) in [5.74, 6) is 0.680. The van der Waals surface area contributed by atoms with E-state index < -0.39 is 0 Å². The van der Waals surface area contributed by atoms with Gasteiger partial charge in [-0.2, -0.15) is 0 Å². The maximum atomic E-state index is 11.7. The Kier molecular flexibility index (Phi) is 6.67. The Morgan fingerprint density at radius 2 is 2.06 bits per heavy atom. The first-order valence-corrected chi connectivity index (χ1v) is 7.14. The molecular weight excluding hydrogens is 364 g/mol. The Labute approximate surface area is 124 Å². The average molecular weight is 380 g/mol. The number of halogens is 2. The van der Waals surface area contributed by atoms with Crippen LogP contribution in [0.2, 0.25) is 0 Å². The number of carbonyl (C=O) groups excluding carboxylic acids is 1. The molecule has 18 heavy (non-hydrogen) atoms. The Morgan fingerprint density at radius 3 is 2.67 bits per heavy atom. The third kappa shape index (κ3) is 4.59. The van der Waals surface area contributed by atoms with Crippen molar-refractivity contribution in [3.8, 4) is 5.75 Å². The monoisotopic (exact) mass is 378 g/mol. The van der Waals surface area contributed by atoms with E-state index in [9.17, 15) is 4.79 Å². The van der Waals surface area contributed by atoms with Gasteiger partial charge in [0.25, 0.3) is 0 Å². The quantitative estimate of drug-likeness (QED) is 0.746. The largest absolute Gasteiger partial charge is 0.495 e. The highest BCUT2D eigenvalue weighted by Crippen LogP contribution is 2.34. The highest BCUT2D eigenvalue weighted by Gasteiger charge is 2.09. The maximum absolute atomic E-state index is 11.7. The second-order valence-corrected chi connectivity index (χ2v) is 5.43. The lowest BCUT2D eigenvalue weighted by Gasteiger charge is -2.11. The maximum Gasteiger partial charge on any atom is 0.224 e. The van der Waals surface area contributed by atoms with E-state index in [0.717, 1.165) is 21.9 Å². The fourth-order valence-electron chi connectivity index (χ4n) is 1.42. The van der Waals surface area contributed by atoms with Crippen LogP contribution in [0.1, 0.15) is 12.8 Å². The first kappa shape index (κ1) is 15.5. The van der Waals surface area contributed by atoms with Gasteiger partial charge in [0.1, 0.15) is 5.75 Å². The minimum atomic E-state index is -0.00433. The van der Waals surface area contributed by atoms with Crippen LogP contribution in [-0.4, -0.2) is 26.6 Å². The van der Waals surface area contributed by atoms with Crippen LogP contribution >= 0.6 is 31.9 Å². The smallest absolute Gasteiger partial charge is 0.224 e. The van der Waals surface area contributed by atoms with Gasteiger partial charge in [0.2, 0.25) is 5.91 Å². The van der Waals surface area contributed by atoms with Crippen molar-refractivity contribution in [2.45, 2.75) is 12.8 Å². The molecule has 100 valence electrons. The van der Waals surface area contributed by atoms with Gasteiger partial charge in [-0.1, -0.05) is 0 Å². The number of hydrogen-bond donors (Lipinski definition) is 2. The summed E-state index contributed by atoms with van der Waals surface area (Å²) in [6.45, 7) is 0.832. The Hall–Kier alpha value is -0.590. The van der Waals surface area contributed by atoms with Crippen molar-refractivity contribution in [2.24, 2.45) is 0 Å². The van der Waals surface area contributed by atoms with Gasteiger partial charge in [-0.05, 0) is 57.9 Å². The lowest BCUT2D eigenvalue weighted by Crippen LogP contribution is -2.15. The number of benzene rings is 1. The molecule has 0 saturated carbocycles. The number of nitrogens with one attached hydrogen (secondary N) is 2. The third-order valence-electron chi connectivity index (χ3n) is 2.35. The van der Waals surface area contributed by atoms with E-state index in [0.29, 0.717) is 17.9 Å². The molecule has 6 heteroatoms. The molecule has 0 aromatic heterocycles. The van der Waals surface area contributed by atoms with E-state index in [4.69, 9.17) is 4.74 Å². The molecule has 0 aliphatic rings. The highest BCUT2D eigenvalue weighted by molar-refractivity contribution is 9.11. The topological polar surface area (TPSA) is 50.4 Å². The van der Waals surface area contributed by atoms with Crippen molar-refractivity contribution in [1.82, 2.24) is 5.32 Å². The second-order valence-electron chi connectivity index (χ2n) is 3.72. The van der Waals surface area contributed by atoms with E-state index >= 15 is 0 Å². The van der Waals surface area contributed by atoms with Crippen LogP contribution < -0.4 is 15.4 Å². The van der Waals surface area contributed by atoms with E-state index in [1.165, 1.54) is 0 Å². The normalized spacial score (nSPS) is 10.2. The molecule has 0 aliphatic heterocycles. The summed E-state index contributed by atoms with van der Waals surface area (Å²) in [4.78, 5) is 11.7. The number of anilines is 1. The van der Waals surface area contributed by atoms with Crippen molar-refractivity contribution in [1.29, 1.82) is 0 Å². The van der Waals surface area contributed by atoms with Gasteiger partial charge in [-0.3, -0.25) is 4.79 Å². The van der Waals surface area contributed by atoms with Crippen molar-refractivity contribution in [2.75, 3.05) is 26.0 Å². The molecule has 0 saturated heterocycles. The predicted octanol–water partition coefficient (Wildman–Crippen LogP) is 3.16. The number of methoxy groups -OCH3 is 1. The zero-order valence-electron chi connectivity index (χ0n) is 10.3. The zero-order chi connectivity index (χ0) is 13.5. The van der Waals surface area contributed by atoms with E-state index in [2.05, 4.69) is 42.5 Å². The number of hydrogen-bond acceptors (Lipinski definition) is 3. The van der Waals surface area contributed by atoms with Crippen LogP contribution in [0.5, 0.6) is 5.75 Å². The van der Waals surface area contributed by atoms with Crippen LogP contribution in [0.25, 0.3) is 0 Å². The molecule has 1 aromatic rings. The van der Waals surface area contributed by atoms with Crippen LogP contribution in [0.4, 0.5) is 5.69 Å². The molecule has 0 aliphatic carbocycles. The molecule has 0 bridgehead atoms. The highest BCUT2D eigenvalue weighted by atomic mass is 79.9. The summed E-state index contributed by atoms with van der Waals surface area (Å²) in [6, 6.07) is 3.63. The molecule has 0 heterocycles. The van der Waals surface area contributed by atoms with Crippen molar-refractivity contribution < 1.29 is 9.53 Å². The molecule has 0 atom stereocenters. The molecule has 0 radical (unpaired) electrons. The van der Waals surface area contributed by atoms with Gasteiger partial charge in [-0.25, -0.2) is 0 Å². The summed E-state index contributed by atoms with van der Waals surface area (Å²) in [6.07, 6.45) is 1.30. The number of amides is 1. The molecule has 2 N–H and O–H groups in total. The number of ether oxygens (including phenoxy) is 1. The lowest BCUT2D eigenvalue weighted by molar-refractivity contribution is -0.116. The lowest BCUT2D eigenvalue weighted by atomic mass is 10.2. The number of rotatable bonds is 6. The standard InChI is InChI=1S/C12H16Br2N2O2/c1-15-5-3-4-12(17)16-10-7-11(18-2)9(14)6-8(10)13/h6-7,15H,3-5H2,1-2H3,(H,16,17). The average Bonchev–Trinajstić information content (AvgIpc) is 2.33. The zero-order valence-corrected chi connectivity index (χ0v) is 13.5. The fourth-order valence-corrected chi connectivity index (χ4v) is 2.67. The van der Waals surface area contributed by atoms with Crippen LogP contribution in [0, 0.1) is 0 Å². The van der Waals surface area contributed by atoms with Crippen molar-refractivity contribution in [3.63, 3.8) is 0 Å². The van der Waals surface area contributed by atoms with E-state index in [-0.39, 0.29) is 5.91 Å². The Bertz CT molecular complexity index is 425. The molecule has 0 unspecified atom stereocenters. The minimum absolute atomic E-state index is 0.00433. The summed E-state index contributed by atoms with van der Waals surface area (Å²) in [7, 11) is 3.46. The van der Waals surface area contributed by atoms with Gasteiger partial charge < -0.3 is 15.4 Å². The van der Waals surface area contributed by atoms with Gasteiger partial charge in [0.05, 0.1) is 17.3 Å². The van der Waals surface area contributed by atoms with Gasteiger partial charge in [0.15, 0.2) is 0 Å². The third-order valence-corrected chi connectivity index (χ3v) is 3.62. The first-order chi connectivity index (χ1) is 8.58. The predicted molar refractivity (Wildman–Crippen MR) is 80.2 cm³/mol. The SMILES string of the molecule is CNCCCC(=O)Nc1cc(OC)c(Br)cc1Br. The second kappa shape index (κ2) is 7.76. The summed E-state index contributed by atoms with van der Waals surface area (Å²) in [5, 5.41) is 5.87.